The Morgan fingerprint density at radius 3 is 2.52 bits per heavy atom. The zero-order valence-electron chi connectivity index (χ0n) is 14.4. The van der Waals surface area contributed by atoms with Crippen LogP contribution in [0.1, 0.15) is 19.3 Å². The minimum Gasteiger partial charge on any atom is -0.492 e. The number of hydrogen-bond acceptors (Lipinski definition) is 5. The van der Waals surface area contributed by atoms with Gasteiger partial charge in [0.25, 0.3) is 0 Å². The van der Waals surface area contributed by atoms with Crippen LogP contribution in [0, 0.1) is 5.92 Å². The highest BCUT2D eigenvalue weighted by Gasteiger charge is 2.35. The van der Waals surface area contributed by atoms with Crippen LogP contribution in [0.25, 0.3) is 0 Å². The molecule has 1 aromatic rings. The Bertz CT molecular complexity index is 670. The minimum atomic E-state index is -2.85. The molecule has 7 heteroatoms. The normalized spacial score (nSPS) is 24.1. The first kappa shape index (κ1) is 18.2. The minimum absolute atomic E-state index is 0.0194. The molecule has 0 aromatic heterocycles. The third-order valence-electron chi connectivity index (χ3n) is 5.04. The molecule has 3 rings (SSSR count). The van der Waals surface area contributed by atoms with E-state index in [2.05, 4.69) is 10.2 Å². The fourth-order valence-electron chi connectivity index (χ4n) is 3.59. The van der Waals surface area contributed by atoms with Gasteiger partial charge >= 0.3 is 0 Å². The molecule has 1 N–H and O–H groups in total. The Hall–Kier alpha value is -1.60. The van der Waals surface area contributed by atoms with E-state index in [-0.39, 0.29) is 23.6 Å². The lowest BCUT2D eigenvalue weighted by atomic mass is 9.94. The average Bonchev–Trinajstić information content (AvgIpc) is 2.99. The van der Waals surface area contributed by atoms with E-state index in [0.717, 1.165) is 38.1 Å². The van der Waals surface area contributed by atoms with Gasteiger partial charge < -0.3 is 10.1 Å². The van der Waals surface area contributed by atoms with E-state index in [1.807, 2.05) is 30.3 Å². The predicted octanol–water partition coefficient (Wildman–Crippen LogP) is 1.08. The molecule has 1 amide bonds. The molecule has 138 valence electrons. The van der Waals surface area contributed by atoms with Crippen molar-refractivity contribution in [3.8, 4) is 5.75 Å². The number of para-hydroxylation sites is 1. The fourth-order valence-corrected chi connectivity index (χ4v) is 5.36. The molecule has 0 radical (unpaired) electrons. The average molecular weight is 366 g/mol. The number of likely N-dealkylation sites (tertiary alicyclic amines) is 1. The van der Waals surface area contributed by atoms with Crippen molar-refractivity contribution in [1.82, 2.24) is 10.2 Å². The summed E-state index contributed by atoms with van der Waals surface area (Å²) in [5.41, 5.74) is 0. The number of nitrogens with zero attached hydrogens (tertiary/aromatic N) is 1. The second kappa shape index (κ2) is 8.19. The number of piperidine rings is 1. The van der Waals surface area contributed by atoms with Crippen LogP contribution in [-0.2, 0) is 14.6 Å². The number of nitrogens with one attached hydrogen (secondary N) is 1. The van der Waals surface area contributed by atoms with Gasteiger partial charge in [-0.2, -0.15) is 0 Å². The largest absolute Gasteiger partial charge is 0.492 e. The molecular formula is C18H26N2O4S. The number of benzene rings is 1. The van der Waals surface area contributed by atoms with Crippen molar-refractivity contribution >= 4 is 15.7 Å². The number of ether oxygens (including phenoxy) is 1. The van der Waals surface area contributed by atoms with Gasteiger partial charge in [0, 0.05) is 12.0 Å². The van der Waals surface area contributed by atoms with Gasteiger partial charge in [-0.3, -0.25) is 9.69 Å². The van der Waals surface area contributed by atoms with Crippen LogP contribution in [0.3, 0.4) is 0 Å². The molecule has 0 aliphatic carbocycles. The van der Waals surface area contributed by atoms with E-state index < -0.39 is 9.84 Å². The molecule has 0 spiro atoms. The molecule has 2 aliphatic heterocycles. The summed E-state index contributed by atoms with van der Waals surface area (Å²) in [6.45, 7) is 2.56. The van der Waals surface area contributed by atoms with E-state index in [1.165, 1.54) is 0 Å². The Kier molecular flexibility index (Phi) is 5.96. The Balaban J connectivity index is 1.34. The molecule has 0 unspecified atom stereocenters. The zero-order valence-corrected chi connectivity index (χ0v) is 15.2. The van der Waals surface area contributed by atoms with Gasteiger partial charge in [-0.15, -0.1) is 0 Å². The third-order valence-corrected chi connectivity index (χ3v) is 6.79. The van der Waals surface area contributed by atoms with Gasteiger partial charge in [0.1, 0.15) is 12.4 Å². The predicted molar refractivity (Wildman–Crippen MR) is 96.3 cm³/mol. The van der Waals surface area contributed by atoms with Gasteiger partial charge in [0.15, 0.2) is 9.84 Å². The number of hydrogen-bond donors (Lipinski definition) is 1. The van der Waals surface area contributed by atoms with Gasteiger partial charge in [-0.05, 0) is 44.5 Å². The number of rotatable bonds is 6. The molecule has 2 fully saturated rings. The highest BCUT2D eigenvalue weighted by Crippen LogP contribution is 2.24. The maximum absolute atomic E-state index is 12.3. The van der Waals surface area contributed by atoms with E-state index in [1.54, 1.807) is 0 Å². The molecule has 0 saturated carbocycles. The summed E-state index contributed by atoms with van der Waals surface area (Å²) in [6.07, 6.45) is 2.32. The van der Waals surface area contributed by atoms with Crippen LogP contribution in [0.4, 0.5) is 0 Å². The summed E-state index contributed by atoms with van der Waals surface area (Å²) in [5.74, 6) is 1.48. The quantitative estimate of drug-likeness (QED) is 0.763. The van der Waals surface area contributed by atoms with E-state index >= 15 is 0 Å². The number of sulfone groups is 1. The molecule has 1 aromatic carbocycles. The van der Waals surface area contributed by atoms with Crippen molar-refractivity contribution in [3.63, 3.8) is 0 Å². The van der Waals surface area contributed by atoms with Crippen LogP contribution < -0.4 is 10.1 Å². The fraction of sp³-hybridized carbons (Fsp3) is 0.611. The topological polar surface area (TPSA) is 75.7 Å². The Morgan fingerprint density at radius 2 is 1.88 bits per heavy atom. The van der Waals surface area contributed by atoms with Gasteiger partial charge in [-0.25, -0.2) is 8.42 Å². The van der Waals surface area contributed by atoms with Crippen LogP contribution in [-0.4, -0.2) is 63.0 Å². The monoisotopic (exact) mass is 366 g/mol. The molecule has 2 saturated heterocycles. The zero-order chi connectivity index (χ0) is 17.7. The Labute approximate surface area is 149 Å². The lowest BCUT2D eigenvalue weighted by Crippen LogP contribution is -2.45. The highest BCUT2D eigenvalue weighted by molar-refractivity contribution is 7.91. The van der Waals surface area contributed by atoms with Crippen molar-refractivity contribution in [2.24, 2.45) is 5.92 Å². The first-order valence-corrected chi connectivity index (χ1v) is 10.8. The highest BCUT2D eigenvalue weighted by atomic mass is 32.2. The van der Waals surface area contributed by atoms with Crippen molar-refractivity contribution < 1.29 is 17.9 Å². The van der Waals surface area contributed by atoms with Crippen molar-refractivity contribution in [1.29, 1.82) is 0 Å². The summed E-state index contributed by atoms with van der Waals surface area (Å²) < 4.78 is 28.8. The molecule has 2 aliphatic rings. The van der Waals surface area contributed by atoms with Gasteiger partial charge in [-0.1, -0.05) is 18.2 Å². The summed E-state index contributed by atoms with van der Waals surface area (Å²) in [4.78, 5) is 14.5. The van der Waals surface area contributed by atoms with Crippen molar-refractivity contribution in [2.45, 2.75) is 25.3 Å². The smallest absolute Gasteiger partial charge is 0.223 e. The molecule has 0 bridgehead atoms. The summed E-state index contributed by atoms with van der Waals surface area (Å²) in [7, 11) is -2.85. The van der Waals surface area contributed by atoms with Gasteiger partial charge in [0.2, 0.25) is 5.91 Å². The van der Waals surface area contributed by atoms with Crippen LogP contribution in [0.2, 0.25) is 0 Å². The third kappa shape index (κ3) is 5.19. The van der Waals surface area contributed by atoms with Gasteiger partial charge in [0.05, 0.1) is 18.1 Å². The first-order chi connectivity index (χ1) is 12.0. The van der Waals surface area contributed by atoms with Crippen LogP contribution in [0.15, 0.2) is 30.3 Å². The summed E-state index contributed by atoms with van der Waals surface area (Å²) in [6, 6.07) is 9.69. The summed E-state index contributed by atoms with van der Waals surface area (Å²) >= 11 is 0. The molecular weight excluding hydrogens is 340 g/mol. The maximum atomic E-state index is 12.3. The molecule has 2 heterocycles. The SMILES string of the molecule is O=C(NCCOc1ccccc1)C1CCN([C@@H]2CCS(=O)(=O)C2)CC1. The molecule has 1 atom stereocenters. The molecule has 25 heavy (non-hydrogen) atoms. The van der Waals surface area contributed by atoms with E-state index in [9.17, 15) is 13.2 Å². The lowest BCUT2D eigenvalue weighted by molar-refractivity contribution is -0.126. The molecule has 6 nitrogen and oxygen atoms in total. The lowest BCUT2D eigenvalue weighted by Gasteiger charge is -2.34. The van der Waals surface area contributed by atoms with E-state index in [4.69, 9.17) is 4.74 Å². The number of amides is 1. The van der Waals surface area contributed by atoms with Crippen LogP contribution >= 0.6 is 0 Å². The second-order valence-electron chi connectivity index (χ2n) is 6.82. The standard InChI is InChI=1S/C18H26N2O4S/c21-18(19-9-12-24-17-4-2-1-3-5-17)15-6-10-20(11-7-15)16-8-13-25(22,23)14-16/h1-5,15-16H,6-14H2,(H,19,21)/t16-/m1/s1. The summed E-state index contributed by atoms with van der Waals surface area (Å²) in [5, 5.41) is 2.94. The van der Waals surface area contributed by atoms with E-state index in [0.29, 0.717) is 18.9 Å². The second-order valence-corrected chi connectivity index (χ2v) is 9.05. The maximum Gasteiger partial charge on any atom is 0.223 e. The number of carbonyl (C=O) groups is 1. The van der Waals surface area contributed by atoms with Crippen LogP contribution in [0.5, 0.6) is 5.75 Å². The number of carbonyl (C=O) groups excluding carboxylic acids is 1. The van der Waals surface area contributed by atoms with Crippen molar-refractivity contribution in [2.75, 3.05) is 37.7 Å². The van der Waals surface area contributed by atoms with Crippen molar-refractivity contribution in [3.05, 3.63) is 30.3 Å². The first-order valence-electron chi connectivity index (χ1n) is 8.93. The Morgan fingerprint density at radius 1 is 1.16 bits per heavy atom.